The van der Waals surface area contributed by atoms with Gasteiger partial charge in [-0.15, -0.1) is 0 Å². The normalized spacial score (nSPS) is 0. The average Bonchev–Trinajstić information content (AvgIpc) is 0. The van der Waals surface area contributed by atoms with Crippen molar-refractivity contribution in [3.63, 3.8) is 0 Å². The van der Waals surface area contributed by atoms with Crippen LogP contribution in [-0.4, -0.2) is 5.48 Å². The van der Waals surface area contributed by atoms with Gasteiger partial charge in [-0.05, 0) is 0 Å². The van der Waals surface area contributed by atoms with Crippen molar-refractivity contribution >= 4 is 0 Å². The predicted molar refractivity (Wildman–Crippen MR) is 3.61 cm³/mol. The summed E-state index contributed by atoms with van der Waals surface area (Å²) >= 11 is 0. The van der Waals surface area contributed by atoms with Gasteiger partial charge in [0.25, 0.3) is 0 Å². The topological polar surface area (TPSA) is 31.5 Å². The van der Waals surface area contributed by atoms with Gasteiger partial charge in [-0.1, -0.05) is 0 Å². The SMILES string of the molecule is O.[Ce+3].[Cl-].[Cl-].[Cl-].[I-].[Na+]. The first kappa shape index (κ1) is 69.7. The largest absolute Gasteiger partial charge is 3.00 e. The zero-order valence-corrected chi connectivity index (χ0v) is 13.1. The molecule has 0 atom stereocenters. The van der Waals surface area contributed by atoms with Gasteiger partial charge in [-0.3, -0.25) is 0 Å². The second kappa shape index (κ2) is 51.2. The van der Waals surface area contributed by atoms with Crippen LogP contribution in [0.1, 0.15) is 0 Å². The van der Waals surface area contributed by atoms with E-state index in [4.69, 9.17) is 0 Å². The van der Waals surface area contributed by atoms with Crippen molar-refractivity contribution in [2.24, 2.45) is 0 Å². The molecule has 0 saturated heterocycles. The first-order valence-corrected chi connectivity index (χ1v) is 0. The maximum Gasteiger partial charge on any atom is 3.00 e. The van der Waals surface area contributed by atoms with Crippen LogP contribution >= 0.6 is 0 Å². The van der Waals surface area contributed by atoms with Crippen molar-refractivity contribution in [3.05, 3.63) is 0 Å². The molecule has 0 unspecified atom stereocenters. The fourth-order valence-electron chi connectivity index (χ4n) is 0. The van der Waals surface area contributed by atoms with Crippen molar-refractivity contribution in [3.8, 4) is 0 Å². The Labute approximate surface area is 135 Å². The molecular formula is H2CeCl3INaO. The first-order valence-electron chi connectivity index (χ1n) is 0. The summed E-state index contributed by atoms with van der Waals surface area (Å²) in [4.78, 5) is 0. The molecule has 0 saturated carbocycles. The molecule has 0 aliphatic carbocycles. The smallest absolute Gasteiger partial charge is 1.00 e. The first-order chi connectivity index (χ1) is 0. The fraction of sp³-hybridized carbons (Fsp3) is 0. The third-order valence-corrected chi connectivity index (χ3v) is 0. The molecule has 0 rings (SSSR count). The molecule has 0 amide bonds. The van der Waals surface area contributed by atoms with Crippen LogP contribution in [0.3, 0.4) is 0 Å². The molecule has 0 aliphatic heterocycles. The zero-order chi connectivity index (χ0) is 0. The summed E-state index contributed by atoms with van der Waals surface area (Å²) in [6.07, 6.45) is 0. The van der Waals surface area contributed by atoms with Gasteiger partial charge in [-0.25, -0.2) is 0 Å². The minimum absolute atomic E-state index is 0. The minimum atomic E-state index is 0. The maximum absolute atomic E-state index is 0. The van der Waals surface area contributed by atoms with E-state index in [-0.39, 0.29) is 138 Å². The molecule has 7 heavy (non-hydrogen) atoms. The van der Waals surface area contributed by atoms with Crippen LogP contribution in [-0.2, 0) is 0 Å². The van der Waals surface area contributed by atoms with Gasteiger partial charge >= 0.3 is 71.3 Å². The molecule has 7 heteroatoms. The van der Waals surface area contributed by atoms with Gasteiger partial charge in [0.05, 0.1) is 0 Å². The van der Waals surface area contributed by atoms with Crippen molar-refractivity contribution in [2.75, 3.05) is 0 Å². The summed E-state index contributed by atoms with van der Waals surface area (Å²) in [5.41, 5.74) is 0. The fourth-order valence-corrected chi connectivity index (χ4v) is 0. The van der Waals surface area contributed by atoms with Crippen molar-refractivity contribution < 1.29 is 138 Å². The minimum Gasteiger partial charge on any atom is -1.00 e. The van der Waals surface area contributed by atoms with Crippen LogP contribution in [0.5, 0.6) is 0 Å². The summed E-state index contributed by atoms with van der Waals surface area (Å²) in [5, 5.41) is 0. The van der Waals surface area contributed by atoms with E-state index in [1.807, 2.05) is 0 Å². The van der Waals surface area contributed by atoms with Gasteiger partial charge in [0.1, 0.15) is 0 Å². The monoisotopic (exact) mass is 413 g/mol. The predicted octanol–water partition coefficient (Wildman–Crippen LogP) is -15.8. The van der Waals surface area contributed by atoms with E-state index < -0.39 is 0 Å². The molecule has 0 spiro atoms. The Hall–Kier alpha value is 3.94. The second-order valence-corrected chi connectivity index (χ2v) is 0. The Morgan fingerprint density at radius 2 is 0.714 bits per heavy atom. The van der Waals surface area contributed by atoms with E-state index >= 15 is 0 Å². The van der Waals surface area contributed by atoms with Crippen LogP contribution in [0.25, 0.3) is 0 Å². The summed E-state index contributed by atoms with van der Waals surface area (Å²) in [7, 11) is 0. The summed E-state index contributed by atoms with van der Waals surface area (Å²) in [6.45, 7) is 0. The van der Waals surface area contributed by atoms with E-state index in [0.29, 0.717) is 0 Å². The number of rotatable bonds is 0. The van der Waals surface area contributed by atoms with Crippen LogP contribution in [0.15, 0.2) is 0 Å². The van der Waals surface area contributed by atoms with Crippen LogP contribution in [0.2, 0.25) is 0 Å². The van der Waals surface area contributed by atoms with Gasteiger partial charge in [0.2, 0.25) is 0 Å². The van der Waals surface area contributed by atoms with E-state index in [1.54, 1.807) is 0 Å². The summed E-state index contributed by atoms with van der Waals surface area (Å²) in [6, 6.07) is 0. The molecule has 0 fully saturated rings. The second-order valence-electron chi connectivity index (χ2n) is 0. The van der Waals surface area contributed by atoms with Crippen molar-refractivity contribution in [1.82, 2.24) is 0 Å². The molecule has 1 radical (unpaired) electrons. The van der Waals surface area contributed by atoms with Gasteiger partial charge in [-0.2, -0.15) is 0 Å². The van der Waals surface area contributed by atoms with Crippen molar-refractivity contribution in [1.29, 1.82) is 0 Å². The van der Waals surface area contributed by atoms with Crippen LogP contribution < -0.4 is 90.8 Å². The Bertz CT molecular complexity index is 14.9. The van der Waals surface area contributed by atoms with Crippen molar-refractivity contribution in [2.45, 2.75) is 0 Å². The molecule has 0 aliphatic rings. The molecular weight excluding hydrogens is 412 g/mol. The van der Waals surface area contributed by atoms with E-state index in [1.165, 1.54) is 0 Å². The van der Waals surface area contributed by atoms with Gasteiger partial charge in [0, 0.05) is 0 Å². The van der Waals surface area contributed by atoms with E-state index in [0.717, 1.165) is 0 Å². The van der Waals surface area contributed by atoms with Gasteiger partial charge < -0.3 is 66.7 Å². The molecule has 1 nitrogen and oxygen atoms in total. The third-order valence-electron chi connectivity index (χ3n) is 0. The molecule has 0 aromatic heterocycles. The number of hydrogen-bond acceptors (Lipinski definition) is 0. The molecule has 0 heterocycles. The maximum atomic E-state index is 0. The zero-order valence-electron chi connectivity index (χ0n) is 3.51. The number of hydrogen-bond donors (Lipinski definition) is 0. The number of halogens is 4. The molecule has 0 aromatic rings. The third kappa shape index (κ3) is 40.4. The summed E-state index contributed by atoms with van der Waals surface area (Å²) < 4.78 is 0. The summed E-state index contributed by atoms with van der Waals surface area (Å²) in [5.74, 6) is 0. The average molecular weight is 414 g/mol. The van der Waals surface area contributed by atoms with E-state index in [2.05, 4.69) is 0 Å². The quantitative estimate of drug-likeness (QED) is 0.279. The molecule has 0 bridgehead atoms. The van der Waals surface area contributed by atoms with E-state index in [9.17, 15) is 0 Å². The Morgan fingerprint density at radius 3 is 0.714 bits per heavy atom. The van der Waals surface area contributed by atoms with Gasteiger partial charge in [0.15, 0.2) is 0 Å². The Kier molecular flexibility index (Phi) is 510. The molecule has 2 N–H and O–H groups in total. The Balaban J connectivity index is 0. The molecule has 41 valence electrons. The molecule has 0 aromatic carbocycles. The van der Waals surface area contributed by atoms with Crippen LogP contribution in [0.4, 0.5) is 0 Å². The Morgan fingerprint density at radius 1 is 0.714 bits per heavy atom. The standard InChI is InChI=1S/Ce.3ClH.HI.Na.H2O/h;4*1H;;1H2/q+3;;;;;+1;/p-4. The van der Waals surface area contributed by atoms with Crippen LogP contribution in [0, 0.1) is 41.7 Å².